The number of methoxy groups -OCH3 is 1. The number of ether oxygens (including phenoxy) is 1. The van der Waals surface area contributed by atoms with Gasteiger partial charge in [-0.15, -0.1) is 0 Å². The highest BCUT2D eigenvalue weighted by atomic mass is 16.6. The first-order valence-corrected chi connectivity index (χ1v) is 6.58. The molecule has 0 aliphatic carbocycles. The van der Waals surface area contributed by atoms with Crippen LogP contribution >= 0.6 is 0 Å². The van der Waals surface area contributed by atoms with Crippen LogP contribution in [0.4, 0.5) is 11.4 Å². The second kappa shape index (κ2) is 6.41. The number of nitro groups is 1. The lowest BCUT2D eigenvalue weighted by molar-refractivity contribution is -0.385. The van der Waals surface area contributed by atoms with E-state index in [9.17, 15) is 10.1 Å². The molecule has 0 fully saturated rings. The minimum absolute atomic E-state index is 0.109. The molecule has 1 heterocycles. The first-order chi connectivity index (χ1) is 10.0. The first kappa shape index (κ1) is 15.1. The number of nitrogens with zero attached hydrogens (tertiary/aromatic N) is 1. The van der Waals surface area contributed by atoms with Crippen molar-refractivity contribution in [1.29, 1.82) is 0 Å². The van der Waals surface area contributed by atoms with Crippen molar-refractivity contribution in [2.45, 2.75) is 19.9 Å². The largest absolute Gasteiger partial charge is 0.464 e. The fourth-order valence-electron chi connectivity index (χ4n) is 2.15. The molecule has 21 heavy (non-hydrogen) atoms. The molecule has 1 aromatic heterocycles. The zero-order chi connectivity index (χ0) is 15.4. The molecule has 1 aromatic carbocycles. The van der Waals surface area contributed by atoms with Crippen molar-refractivity contribution >= 4 is 11.4 Å². The van der Waals surface area contributed by atoms with E-state index in [4.69, 9.17) is 9.15 Å². The van der Waals surface area contributed by atoms with Crippen molar-refractivity contribution < 1.29 is 14.1 Å². The van der Waals surface area contributed by atoms with E-state index < -0.39 is 0 Å². The van der Waals surface area contributed by atoms with E-state index in [2.05, 4.69) is 5.32 Å². The van der Waals surface area contributed by atoms with Gasteiger partial charge in [-0.25, -0.2) is 0 Å². The number of nitrogens with one attached hydrogen (secondary N) is 1. The molecule has 1 unspecified atom stereocenters. The molecular formula is C15H18N2O4. The number of hydrogen-bond acceptors (Lipinski definition) is 5. The molecule has 6 heteroatoms. The van der Waals surface area contributed by atoms with Gasteiger partial charge in [0.15, 0.2) is 0 Å². The normalized spacial score (nSPS) is 12.1. The maximum absolute atomic E-state index is 10.8. The molecule has 0 aliphatic heterocycles. The van der Waals surface area contributed by atoms with Crippen molar-refractivity contribution in [2.24, 2.45) is 0 Å². The number of hydrogen-bond donors (Lipinski definition) is 1. The summed E-state index contributed by atoms with van der Waals surface area (Å²) in [6, 6.07) is 8.56. The van der Waals surface area contributed by atoms with Crippen molar-refractivity contribution in [3.63, 3.8) is 0 Å². The number of aryl methyl sites for hydroxylation is 2. The molecule has 0 saturated heterocycles. The molecule has 1 atom stereocenters. The van der Waals surface area contributed by atoms with Crippen molar-refractivity contribution in [3.8, 4) is 0 Å². The van der Waals surface area contributed by atoms with Gasteiger partial charge in [-0.05, 0) is 38.1 Å². The van der Waals surface area contributed by atoms with Gasteiger partial charge in [0.05, 0.1) is 11.5 Å². The summed E-state index contributed by atoms with van der Waals surface area (Å²) in [5.41, 5.74) is 1.50. The lowest BCUT2D eigenvalue weighted by Gasteiger charge is -2.17. The van der Waals surface area contributed by atoms with Crippen LogP contribution < -0.4 is 5.32 Å². The molecule has 0 bridgehead atoms. The van der Waals surface area contributed by atoms with Gasteiger partial charge in [0.1, 0.15) is 17.6 Å². The third kappa shape index (κ3) is 3.61. The molecule has 0 aliphatic rings. The fourth-order valence-corrected chi connectivity index (χ4v) is 2.15. The van der Waals surface area contributed by atoms with Crippen LogP contribution in [0.15, 0.2) is 34.7 Å². The Morgan fingerprint density at radius 2 is 2.10 bits per heavy atom. The first-order valence-electron chi connectivity index (χ1n) is 6.58. The van der Waals surface area contributed by atoms with E-state index >= 15 is 0 Å². The van der Waals surface area contributed by atoms with Gasteiger partial charge in [0.25, 0.3) is 5.69 Å². The van der Waals surface area contributed by atoms with E-state index in [1.807, 2.05) is 19.1 Å². The van der Waals surface area contributed by atoms with Crippen LogP contribution in [0.25, 0.3) is 0 Å². The number of anilines is 1. The summed E-state index contributed by atoms with van der Waals surface area (Å²) < 4.78 is 10.8. The van der Waals surface area contributed by atoms with Gasteiger partial charge >= 0.3 is 0 Å². The molecule has 0 radical (unpaired) electrons. The summed E-state index contributed by atoms with van der Waals surface area (Å²) in [4.78, 5) is 10.4. The summed E-state index contributed by atoms with van der Waals surface area (Å²) in [7, 11) is 1.62. The molecule has 2 rings (SSSR count). The van der Waals surface area contributed by atoms with Crippen LogP contribution in [-0.4, -0.2) is 18.6 Å². The topological polar surface area (TPSA) is 77.5 Å². The van der Waals surface area contributed by atoms with E-state index in [1.54, 1.807) is 26.2 Å². The number of benzene rings is 1. The maximum Gasteiger partial charge on any atom is 0.272 e. The van der Waals surface area contributed by atoms with E-state index in [-0.39, 0.29) is 16.7 Å². The Hall–Kier alpha value is -2.34. The molecule has 6 nitrogen and oxygen atoms in total. The molecule has 1 N–H and O–H groups in total. The van der Waals surface area contributed by atoms with Gasteiger partial charge in [-0.2, -0.15) is 0 Å². The van der Waals surface area contributed by atoms with E-state index in [0.29, 0.717) is 12.2 Å². The van der Waals surface area contributed by atoms with E-state index in [1.165, 1.54) is 6.07 Å². The number of furan rings is 1. The zero-order valence-corrected chi connectivity index (χ0v) is 12.3. The molecule has 112 valence electrons. The Labute approximate surface area is 122 Å². The Bertz CT molecular complexity index is 636. The Morgan fingerprint density at radius 3 is 2.62 bits per heavy atom. The third-order valence-electron chi connectivity index (χ3n) is 3.17. The monoisotopic (exact) mass is 290 g/mol. The van der Waals surface area contributed by atoms with E-state index in [0.717, 1.165) is 17.2 Å². The minimum Gasteiger partial charge on any atom is -0.464 e. The van der Waals surface area contributed by atoms with Gasteiger partial charge in [0.2, 0.25) is 0 Å². The molecule has 0 amide bonds. The summed E-state index contributed by atoms with van der Waals surface area (Å²) in [5.74, 6) is 1.60. The Kier molecular flexibility index (Phi) is 4.59. The molecular weight excluding hydrogens is 272 g/mol. The van der Waals surface area contributed by atoms with Crippen LogP contribution in [0.3, 0.4) is 0 Å². The quantitative estimate of drug-likeness (QED) is 0.649. The lowest BCUT2D eigenvalue weighted by atomic mass is 10.1. The smallest absolute Gasteiger partial charge is 0.272 e. The highest BCUT2D eigenvalue weighted by molar-refractivity contribution is 5.54. The highest BCUT2D eigenvalue weighted by Gasteiger charge is 2.17. The predicted octanol–water partition coefficient (Wildman–Crippen LogP) is 3.60. The summed E-state index contributed by atoms with van der Waals surface area (Å²) >= 11 is 0. The standard InChI is InChI=1S/C15H18N2O4/c1-10-8-12(5-6-14(10)17(18)19)16-13(9-20-3)15-7-4-11(2)21-15/h4-8,13,16H,9H2,1-3H3. The van der Waals surface area contributed by atoms with Crippen LogP contribution in [0.5, 0.6) is 0 Å². The van der Waals surface area contributed by atoms with Gasteiger partial charge in [-0.1, -0.05) is 0 Å². The van der Waals surface area contributed by atoms with Gasteiger partial charge in [-0.3, -0.25) is 10.1 Å². The Morgan fingerprint density at radius 1 is 1.33 bits per heavy atom. The minimum atomic E-state index is -0.387. The number of nitro benzene ring substituents is 1. The summed E-state index contributed by atoms with van der Waals surface area (Å²) in [6.07, 6.45) is 0. The van der Waals surface area contributed by atoms with Crippen molar-refractivity contribution in [1.82, 2.24) is 0 Å². The molecule has 2 aromatic rings. The second-order valence-corrected chi connectivity index (χ2v) is 4.86. The molecule has 0 spiro atoms. The van der Waals surface area contributed by atoms with Crippen LogP contribution in [-0.2, 0) is 4.74 Å². The maximum atomic E-state index is 10.8. The average Bonchev–Trinajstić information content (AvgIpc) is 2.84. The Balaban J connectivity index is 2.21. The average molecular weight is 290 g/mol. The van der Waals surface area contributed by atoms with Crippen LogP contribution in [0.2, 0.25) is 0 Å². The summed E-state index contributed by atoms with van der Waals surface area (Å²) in [5, 5.41) is 14.1. The predicted molar refractivity (Wildman–Crippen MR) is 79.5 cm³/mol. The van der Waals surface area contributed by atoms with Crippen LogP contribution in [0.1, 0.15) is 23.1 Å². The van der Waals surface area contributed by atoms with Crippen molar-refractivity contribution in [3.05, 3.63) is 57.5 Å². The summed E-state index contributed by atoms with van der Waals surface area (Å²) in [6.45, 7) is 4.03. The SMILES string of the molecule is COCC(Nc1ccc([N+](=O)[O-])c(C)c1)c1ccc(C)o1. The number of rotatable bonds is 6. The highest BCUT2D eigenvalue weighted by Crippen LogP contribution is 2.26. The second-order valence-electron chi connectivity index (χ2n) is 4.86. The van der Waals surface area contributed by atoms with Gasteiger partial charge < -0.3 is 14.5 Å². The lowest BCUT2D eigenvalue weighted by Crippen LogP contribution is -2.15. The van der Waals surface area contributed by atoms with Crippen molar-refractivity contribution in [2.75, 3.05) is 19.0 Å². The molecule has 0 saturated carbocycles. The fraction of sp³-hybridized carbons (Fsp3) is 0.333. The third-order valence-corrected chi connectivity index (χ3v) is 3.17. The zero-order valence-electron chi connectivity index (χ0n) is 12.3. The van der Waals surface area contributed by atoms with Crippen LogP contribution in [0, 0.1) is 24.0 Å². The van der Waals surface area contributed by atoms with Gasteiger partial charge in [0, 0.05) is 24.4 Å².